The zero-order chi connectivity index (χ0) is 21.8. The average molecular weight is 424 g/mol. The highest BCUT2D eigenvalue weighted by molar-refractivity contribution is 5.95. The van der Waals surface area contributed by atoms with Crippen LogP contribution in [0.1, 0.15) is 44.2 Å². The minimum atomic E-state index is -0.155. The minimum absolute atomic E-state index is 0.0694. The number of ether oxygens (including phenoxy) is 2. The second-order valence-corrected chi connectivity index (χ2v) is 8.56. The maximum atomic E-state index is 13.0. The highest BCUT2D eigenvalue weighted by Gasteiger charge is 2.26. The zero-order valence-electron chi connectivity index (χ0n) is 18.8. The first-order valence-corrected chi connectivity index (χ1v) is 11.3. The van der Waals surface area contributed by atoms with Gasteiger partial charge in [-0.3, -0.25) is 14.6 Å². The fourth-order valence-electron chi connectivity index (χ4n) is 4.27. The third-order valence-electron chi connectivity index (χ3n) is 6.54. The molecule has 166 valence electrons. The highest BCUT2D eigenvalue weighted by Crippen LogP contribution is 2.33. The predicted octanol–water partition coefficient (Wildman–Crippen LogP) is 4.07. The summed E-state index contributed by atoms with van der Waals surface area (Å²) in [6.07, 6.45) is 1.05. The van der Waals surface area contributed by atoms with E-state index in [1.807, 2.05) is 31.2 Å². The van der Waals surface area contributed by atoms with Crippen molar-refractivity contribution < 1.29 is 14.3 Å². The molecule has 0 aromatic heterocycles. The van der Waals surface area contributed by atoms with Gasteiger partial charge in [0.25, 0.3) is 0 Å². The lowest BCUT2D eigenvalue weighted by Crippen LogP contribution is -2.52. The van der Waals surface area contributed by atoms with Gasteiger partial charge in [-0.25, -0.2) is 0 Å². The van der Waals surface area contributed by atoms with Crippen LogP contribution in [0.3, 0.4) is 0 Å². The van der Waals surface area contributed by atoms with E-state index >= 15 is 0 Å². The van der Waals surface area contributed by atoms with Crippen molar-refractivity contribution in [3.8, 4) is 11.5 Å². The molecule has 31 heavy (non-hydrogen) atoms. The second kappa shape index (κ2) is 9.71. The lowest BCUT2D eigenvalue weighted by atomic mass is 9.97. The molecular formula is C25H33N3O3. The van der Waals surface area contributed by atoms with Gasteiger partial charge in [0.15, 0.2) is 11.5 Å². The zero-order valence-corrected chi connectivity index (χ0v) is 18.8. The summed E-state index contributed by atoms with van der Waals surface area (Å²) in [4.78, 5) is 17.7. The summed E-state index contributed by atoms with van der Waals surface area (Å²) in [5.74, 6) is 2.15. The molecule has 6 heteroatoms. The summed E-state index contributed by atoms with van der Waals surface area (Å²) < 4.78 is 10.9. The lowest BCUT2D eigenvalue weighted by Gasteiger charge is -2.37. The third kappa shape index (κ3) is 5.02. The fraction of sp³-hybridized carbons (Fsp3) is 0.480. The molecule has 1 saturated heterocycles. The van der Waals surface area contributed by atoms with E-state index in [0.717, 1.165) is 56.3 Å². The first kappa shape index (κ1) is 21.7. The monoisotopic (exact) mass is 423 g/mol. The van der Waals surface area contributed by atoms with E-state index in [1.54, 1.807) is 0 Å². The Hall–Kier alpha value is -2.57. The van der Waals surface area contributed by atoms with Gasteiger partial charge in [-0.2, -0.15) is 0 Å². The number of carbonyl (C=O) groups excluding carboxylic acids is 1. The Labute approximate surface area is 185 Å². The fourth-order valence-corrected chi connectivity index (χ4v) is 4.27. The number of hydrogen-bond acceptors (Lipinski definition) is 5. The maximum absolute atomic E-state index is 13.0. The van der Waals surface area contributed by atoms with Crippen LogP contribution in [-0.2, 0) is 11.3 Å². The van der Waals surface area contributed by atoms with Crippen LogP contribution < -0.4 is 14.8 Å². The maximum Gasteiger partial charge on any atom is 0.241 e. The van der Waals surface area contributed by atoms with Gasteiger partial charge in [-0.1, -0.05) is 38.1 Å². The van der Waals surface area contributed by atoms with Gasteiger partial charge in [-0.15, -0.1) is 0 Å². The topological polar surface area (TPSA) is 54.0 Å². The van der Waals surface area contributed by atoms with E-state index in [2.05, 4.69) is 47.2 Å². The van der Waals surface area contributed by atoms with Crippen LogP contribution in [0.5, 0.6) is 11.5 Å². The van der Waals surface area contributed by atoms with Crippen LogP contribution in [0.2, 0.25) is 0 Å². The summed E-state index contributed by atoms with van der Waals surface area (Å²) >= 11 is 0. The molecule has 6 nitrogen and oxygen atoms in total. The average Bonchev–Trinajstić information content (AvgIpc) is 3.27. The predicted molar refractivity (Wildman–Crippen MR) is 123 cm³/mol. The first-order chi connectivity index (χ1) is 15.0. The Kier molecular flexibility index (Phi) is 6.78. The summed E-state index contributed by atoms with van der Waals surface area (Å²) in [5.41, 5.74) is 3.37. The van der Waals surface area contributed by atoms with Crippen molar-refractivity contribution in [3.63, 3.8) is 0 Å². The minimum Gasteiger partial charge on any atom is -0.454 e. The van der Waals surface area contributed by atoms with Crippen LogP contribution in [0.4, 0.5) is 5.69 Å². The molecule has 0 radical (unpaired) electrons. The number of rotatable bonds is 7. The molecule has 4 rings (SSSR count). The number of carbonyl (C=O) groups is 1. The number of nitrogens with zero attached hydrogens (tertiary/aromatic N) is 2. The van der Waals surface area contributed by atoms with Crippen LogP contribution >= 0.6 is 0 Å². The summed E-state index contributed by atoms with van der Waals surface area (Å²) in [7, 11) is 0. The number of hydrogen-bond donors (Lipinski definition) is 1. The Balaban J connectivity index is 1.30. The quantitative estimate of drug-likeness (QED) is 0.727. The smallest absolute Gasteiger partial charge is 0.241 e. The second-order valence-electron chi connectivity index (χ2n) is 8.56. The number of para-hydroxylation sites is 1. The molecule has 1 amide bonds. The van der Waals surface area contributed by atoms with Crippen molar-refractivity contribution in [1.82, 2.24) is 9.80 Å². The molecule has 0 bridgehead atoms. The Morgan fingerprint density at radius 1 is 1.03 bits per heavy atom. The molecule has 2 aromatic carbocycles. The van der Waals surface area contributed by atoms with E-state index < -0.39 is 0 Å². The number of fused-ring (bicyclic) bond motifs is 1. The van der Waals surface area contributed by atoms with Crippen molar-refractivity contribution in [1.29, 1.82) is 0 Å². The molecule has 2 atom stereocenters. The van der Waals surface area contributed by atoms with Crippen LogP contribution in [-0.4, -0.2) is 54.7 Å². The van der Waals surface area contributed by atoms with Crippen molar-refractivity contribution in [3.05, 3.63) is 53.6 Å². The van der Waals surface area contributed by atoms with Gasteiger partial charge in [-0.05, 0) is 48.6 Å². The van der Waals surface area contributed by atoms with Gasteiger partial charge in [0.1, 0.15) is 0 Å². The molecular weight excluding hydrogens is 390 g/mol. The molecule has 2 heterocycles. The molecule has 2 aliphatic heterocycles. The molecule has 0 spiro atoms. The highest BCUT2D eigenvalue weighted by atomic mass is 16.7. The SMILES string of the molecule is CC[C@H](C)c1ccccc1NC(=O)[C@@H](C)N1CCN(Cc2ccc3c(c2)OCO3)CC1. The Morgan fingerprint density at radius 3 is 2.55 bits per heavy atom. The molecule has 2 aromatic rings. The molecule has 0 aliphatic carbocycles. The number of piperazine rings is 1. The number of anilines is 1. The van der Waals surface area contributed by atoms with Gasteiger partial charge in [0, 0.05) is 38.4 Å². The largest absolute Gasteiger partial charge is 0.454 e. The van der Waals surface area contributed by atoms with Crippen molar-refractivity contribution >= 4 is 11.6 Å². The summed E-state index contributed by atoms with van der Waals surface area (Å²) in [6.45, 7) is 11.2. The van der Waals surface area contributed by atoms with Crippen LogP contribution in [0, 0.1) is 0 Å². The van der Waals surface area contributed by atoms with Gasteiger partial charge >= 0.3 is 0 Å². The van der Waals surface area contributed by atoms with E-state index in [-0.39, 0.29) is 11.9 Å². The lowest BCUT2D eigenvalue weighted by molar-refractivity contribution is -0.121. The first-order valence-electron chi connectivity index (χ1n) is 11.3. The van der Waals surface area contributed by atoms with E-state index in [9.17, 15) is 4.79 Å². The summed E-state index contributed by atoms with van der Waals surface area (Å²) in [6, 6.07) is 14.2. The van der Waals surface area contributed by atoms with Gasteiger partial charge in [0.05, 0.1) is 6.04 Å². The van der Waals surface area contributed by atoms with Crippen molar-refractivity contribution in [2.45, 2.75) is 45.7 Å². The van der Waals surface area contributed by atoms with Crippen molar-refractivity contribution in [2.24, 2.45) is 0 Å². The van der Waals surface area contributed by atoms with E-state index in [0.29, 0.717) is 12.7 Å². The van der Waals surface area contributed by atoms with Crippen LogP contribution in [0.25, 0.3) is 0 Å². The Bertz CT molecular complexity index is 909. The molecule has 0 saturated carbocycles. The number of amides is 1. The van der Waals surface area contributed by atoms with E-state index in [4.69, 9.17) is 9.47 Å². The molecule has 0 unspecified atom stereocenters. The van der Waals surface area contributed by atoms with E-state index in [1.165, 1.54) is 11.1 Å². The third-order valence-corrected chi connectivity index (χ3v) is 6.54. The van der Waals surface area contributed by atoms with Crippen molar-refractivity contribution in [2.75, 3.05) is 38.3 Å². The van der Waals surface area contributed by atoms with Gasteiger partial charge in [0.2, 0.25) is 12.7 Å². The standard InChI is InChI=1S/C25H33N3O3/c1-4-18(2)21-7-5-6-8-22(21)26-25(29)19(3)28-13-11-27(12-14-28)16-20-9-10-23-24(15-20)31-17-30-23/h5-10,15,18-19H,4,11-14,16-17H2,1-3H3,(H,26,29)/t18-,19+/m0/s1. The number of nitrogens with one attached hydrogen (secondary N) is 1. The Morgan fingerprint density at radius 2 is 1.77 bits per heavy atom. The number of benzene rings is 2. The molecule has 2 aliphatic rings. The molecule has 1 fully saturated rings. The molecule has 1 N–H and O–H groups in total. The summed E-state index contributed by atoms with van der Waals surface area (Å²) in [5, 5.41) is 3.18. The van der Waals surface area contributed by atoms with Gasteiger partial charge < -0.3 is 14.8 Å². The normalized spacial score (nSPS) is 18.5. The van der Waals surface area contributed by atoms with Crippen LogP contribution in [0.15, 0.2) is 42.5 Å².